The molecule has 176 valence electrons. The molecule has 0 unspecified atom stereocenters. The second-order valence-electron chi connectivity index (χ2n) is 9.03. The summed E-state index contributed by atoms with van der Waals surface area (Å²) in [5.41, 5.74) is 11.3. The molecule has 2 N–H and O–H groups in total. The number of piperidine rings is 1. The summed E-state index contributed by atoms with van der Waals surface area (Å²) in [6, 6.07) is 31.4. The van der Waals surface area contributed by atoms with Crippen molar-refractivity contribution >= 4 is 5.84 Å². The van der Waals surface area contributed by atoms with Crippen molar-refractivity contribution in [1.82, 2.24) is 4.90 Å². The van der Waals surface area contributed by atoms with Gasteiger partial charge in [-0.1, -0.05) is 103 Å². The molecule has 1 heterocycles. The molecule has 0 aliphatic carbocycles. The van der Waals surface area contributed by atoms with Gasteiger partial charge >= 0.3 is 0 Å². The number of hydrogen-bond acceptors (Lipinski definition) is 3. The van der Waals surface area contributed by atoms with Gasteiger partial charge in [0, 0.05) is 25.2 Å². The molecule has 0 saturated carbocycles. The summed E-state index contributed by atoms with van der Waals surface area (Å²) in [5.74, 6) is 0.571. The summed E-state index contributed by atoms with van der Waals surface area (Å²) in [7, 11) is 0. The number of benzene rings is 3. The molecule has 4 nitrogen and oxygen atoms in total. The van der Waals surface area contributed by atoms with E-state index >= 15 is 0 Å². The molecule has 1 saturated heterocycles. The van der Waals surface area contributed by atoms with Gasteiger partial charge in [0.05, 0.1) is 5.41 Å². The Morgan fingerprint density at radius 2 is 1.35 bits per heavy atom. The van der Waals surface area contributed by atoms with Crippen molar-refractivity contribution in [3.8, 4) is 0 Å². The SMILES string of the molecule is C=C(CCc1ccccc1)N1CCC(/C(N)=N/OCCc2ccccc2)(c2ccccc2)CC1. The number of aryl methyl sites for hydroxylation is 1. The first kappa shape index (κ1) is 23.6. The second kappa shape index (κ2) is 11.6. The zero-order valence-corrected chi connectivity index (χ0v) is 19.9. The molecule has 1 fully saturated rings. The standard InChI is InChI=1S/C30H35N3O/c1-25(17-18-26-11-5-2-6-12-26)33-22-20-30(21-23-33,28-15-9-4-10-16-28)29(31)32-34-24-19-27-13-7-3-8-14-27/h2-16H,1,17-24H2,(H2,31,32). The fourth-order valence-corrected chi connectivity index (χ4v) is 4.76. The second-order valence-corrected chi connectivity index (χ2v) is 9.03. The van der Waals surface area contributed by atoms with Crippen LogP contribution in [0.4, 0.5) is 0 Å². The molecule has 1 aliphatic rings. The average molecular weight is 454 g/mol. The monoisotopic (exact) mass is 453 g/mol. The fourth-order valence-electron chi connectivity index (χ4n) is 4.76. The van der Waals surface area contributed by atoms with Crippen molar-refractivity contribution < 1.29 is 4.84 Å². The van der Waals surface area contributed by atoms with E-state index in [1.807, 2.05) is 24.3 Å². The van der Waals surface area contributed by atoms with Gasteiger partial charge in [0.25, 0.3) is 0 Å². The molecular formula is C30H35N3O. The van der Waals surface area contributed by atoms with Crippen LogP contribution in [-0.4, -0.2) is 30.4 Å². The molecule has 0 radical (unpaired) electrons. The van der Waals surface area contributed by atoms with Crippen LogP contribution in [0.5, 0.6) is 0 Å². The molecule has 0 atom stereocenters. The first-order chi connectivity index (χ1) is 16.7. The van der Waals surface area contributed by atoms with E-state index in [4.69, 9.17) is 10.6 Å². The van der Waals surface area contributed by atoms with E-state index in [0.29, 0.717) is 12.4 Å². The predicted octanol–water partition coefficient (Wildman–Crippen LogP) is 5.70. The van der Waals surface area contributed by atoms with E-state index in [1.54, 1.807) is 0 Å². The molecule has 3 aromatic carbocycles. The number of amidine groups is 1. The topological polar surface area (TPSA) is 50.8 Å². The number of rotatable bonds is 10. The van der Waals surface area contributed by atoms with Gasteiger partial charge in [0.15, 0.2) is 0 Å². The van der Waals surface area contributed by atoms with Crippen molar-refractivity contribution in [2.75, 3.05) is 19.7 Å². The van der Waals surface area contributed by atoms with Crippen LogP contribution < -0.4 is 5.73 Å². The van der Waals surface area contributed by atoms with Crippen molar-refractivity contribution in [2.24, 2.45) is 10.9 Å². The van der Waals surface area contributed by atoms with E-state index < -0.39 is 0 Å². The Balaban J connectivity index is 1.39. The van der Waals surface area contributed by atoms with Crippen LogP contribution in [0, 0.1) is 0 Å². The van der Waals surface area contributed by atoms with Gasteiger partial charge in [-0.05, 0) is 42.4 Å². The summed E-state index contributed by atoms with van der Waals surface area (Å²) in [5, 5.41) is 4.41. The van der Waals surface area contributed by atoms with E-state index in [2.05, 4.69) is 83.4 Å². The zero-order chi connectivity index (χ0) is 23.6. The smallest absolute Gasteiger partial charge is 0.150 e. The molecule has 4 rings (SSSR count). The summed E-state index contributed by atoms with van der Waals surface area (Å²) in [6.45, 7) is 6.71. The van der Waals surface area contributed by atoms with Crippen LogP contribution in [-0.2, 0) is 23.1 Å². The lowest BCUT2D eigenvalue weighted by Crippen LogP contribution is -2.50. The molecule has 1 aliphatic heterocycles. The van der Waals surface area contributed by atoms with Gasteiger partial charge in [0.2, 0.25) is 0 Å². The third-order valence-corrected chi connectivity index (χ3v) is 6.91. The molecule has 34 heavy (non-hydrogen) atoms. The van der Waals surface area contributed by atoms with Gasteiger partial charge in [-0.25, -0.2) is 0 Å². The third kappa shape index (κ3) is 5.88. The Kier molecular flexibility index (Phi) is 8.03. The molecular weight excluding hydrogens is 418 g/mol. The Hall–Kier alpha value is -3.53. The summed E-state index contributed by atoms with van der Waals surface area (Å²) < 4.78 is 0. The lowest BCUT2D eigenvalue weighted by Gasteiger charge is -2.43. The number of nitrogens with zero attached hydrogens (tertiary/aromatic N) is 2. The fraction of sp³-hybridized carbons (Fsp3) is 0.300. The number of nitrogens with two attached hydrogens (primary N) is 1. The van der Waals surface area contributed by atoms with Gasteiger partial charge < -0.3 is 15.5 Å². The number of likely N-dealkylation sites (tertiary alicyclic amines) is 1. The Morgan fingerprint density at radius 3 is 1.94 bits per heavy atom. The van der Waals surface area contributed by atoms with Crippen molar-refractivity contribution in [2.45, 2.75) is 37.5 Å². The minimum absolute atomic E-state index is 0.315. The van der Waals surface area contributed by atoms with Gasteiger partial charge in [-0.15, -0.1) is 0 Å². The van der Waals surface area contributed by atoms with E-state index in [1.165, 1.54) is 22.4 Å². The largest absolute Gasteiger partial charge is 0.394 e. The van der Waals surface area contributed by atoms with Crippen LogP contribution >= 0.6 is 0 Å². The molecule has 3 aromatic rings. The van der Waals surface area contributed by atoms with E-state index in [9.17, 15) is 0 Å². The lowest BCUT2D eigenvalue weighted by atomic mass is 9.71. The Morgan fingerprint density at radius 1 is 0.824 bits per heavy atom. The maximum atomic E-state index is 6.64. The third-order valence-electron chi connectivity index (χ3n) is 6.91. The maximum Gasteiger partial charge on any atom is 0.150 e. The molecule has 4 heteroatoms. The Bertz CT molecular complexity index is 1060. The summed E-state index contributed by atoms with van der Waals surface area (Å²) in [6.07, 6.45) is 4.57. The molecule has 0 bridgehead atoms. The summed E-state index contributed by atoms with van der Waals surface area (Å²) in [4.78, 5) is 8.10. The summed E-state index contributed by atoms with van der Waals surface area (Å²) >= 11 is 0. The Labute approximate surface area is 203 Å². The predicted molar refractivity (Wildman–Crippen MR) is 141 cm³/mol. The van der Waals surface area contributed by atoms with Crippen molar-refractivity contribution in [3.05, 3.63) is 120 Å². The van der Waals surface area contributed by atoms with Crippen LogP contribution in [0.2, 0.25) is 0 Å². The van der Waals surface area contributed by atoms with Crippen molar-refractivity contribution in [1.29, 1.82) is 0 Å². The maximum absolute atomic E-state index is 6.64. The number of oxime groups is 1. The zero-order valence-electron chi connectivity index (χ0n) is 19.9. The highest BCUT2D eigenvalue weighted by Crippen LogP contribution is 2.37. The average Bonchev–Trinajstić information content (AvgIpc) is 2.91. The van der Waals surface area contributed by atoms with Gasteiger partial charge in [-0.3, -0.25) is 0 Å². The number of allylic oxidation sites excluding steroid dienone is 1. The highest BCUT2D eigenvalue weighted by molar-refractivity contribution is 5.91. The first-order valence-corrected chi connectivity index (χ1v) is 12.2. The molecule has 0 spiro atoms. The quantitative estimate of drug-likeness (QED) is 0.185. The number of hydrogen-bond donors (Lipinski definition) is 1. The van der Waals surface area contributed by atoms with Gasteiger partial charge in [0.1, 0.15) is 12.4 Å². The van der Waals surface area contributed by atoms with Crippen LogP contribution in [0.1, 0.15) is 36.0 Å². The van der Waals surface area contributed by atoms with E-state index in [0.717, 1.165) is 45.2 Å². The van der Waals surface area contributed by atoms with Crippen LogP contribution in [0.3, 0.4) is 0 Å². The van der Waals surface area contributed by atoms with Crippen LogP contribution in [0.25, 0.3) is 0 Å². The minimum Gasteiger partial charge on any atom is -0.394 e. The first-order valence-electron chi connectivity index (χ1n) is 12.2. The van der Waals surface area contributed by atoms with E-state index in [-0.39, 0.29) is 5.41 Å². The minimum atomic E-state index is -0.315. The highest BCUT2D eigenvalue weighted by Gasteiger charge is 2.40. The molecule has 0 amide bonds. The van der Waals surface area contributed by atoms with Gasteiger partial charge in [-0.2, -0.15) is 0 Å². The van der Waals surface area contributed by atoms with Crippen molar-refractivity contribution in [3.63, 3.8) is 0 Å². The lowest BCUT2D eigenvalue weighted by molar-refractivity contribution is 0.141. The molecule has 0 aromatic heterocycles. The normalized spacial score (nSPS) is 15.6. The highest BCUT2D eigenvalue weighted by atomic mass is 16.6. The van der Waals surface area contributed by atoms with Crippen LogP contribution in [0.15, 0.2) is 108 Å².